The third-order valence-electron chi connectivity index (χ3n) is 3.26. The van der Waals surface area contributed by atoms with Crippen LogP contribution in [0.25, 0.3) is 0 Å². The first kappa shape index (κ1) is 14.1. The lowest BCUT2D eigenvalue weighted by molar-refractivity contribution is 0.104. The lowest BCUT2D eigenvalue weighted by Crippen LogP contribution is -2.35. The molecule has 17 heavy (non-hydrogen) atoms. The van der Waals surface area contributed by atoms with E-state index in [2.05, 4.69) is 13.8 Å². The Bertz CT molecular complexity index is 329. The molecular weight excluding hydrogens is 219 g/mol. The van der Waals surface area contributed by atoms with Crippen LogP contribution in [0.5, 0.6) is 0 Å². The van der Waals surface area contributed by atoms with E-state index in [1.807, 2.05) is 0 Å². The molecule has 0 unspecified atom stereocenters. The molecule has 0 amide bonds. The molecule has 0 spiro atoms. The van der Waals surface area contributed by atoms with Gasteiger partial charge in [0.1, 0.15) is 5.82 Å². The molecule has 0 bridgehead atoms. The van der Waals surface area contributed by atoms with Crippen molar-refractivity contribution in [1.29, 1.82) is 0 Å². The second-order valence-corrected chi connectivity index (χ2v) is 5.04. The summed E-state index contributed by atoms with van der Waals surface area (Å²) in [6, 6.07) is 6.01. The molecule has 1 rings (SSSR count). The van der Waals surface area contributed by atoms with Crippen LogP contribution in [0.4, 0.5) is 4.39 Å². The molecular formula is C14H21FO2. The smallest absolute Gasteiger partial charge is 0.123 e. The van der Waals surface area contributed by atoms with Crippen molar-refractivity contribution in [2.45, 2.75) is 32.1 Å². The van der Waals surface area contributed by atoms with Gasteiger partial charge in [0.05, 0.1) is 13.2 Å². The highest BCUT2D eigenvalue weighted by molar-refractivity contribution is 5.26. The summed E-state index contributed by atoms with van der Waals surface area (Å²) in [6.45, 7) is 3.96. The summed E-state index contributed by atoms with van der Waals surface area (Å²) in [4.78, 5) is 0. The van der Waals surface area contributed by atoms with E-state index in [9.17, 15) is 14.6 Å². The van der Waals surface area contributed by atoms with E-state index in [-0.39, 0.29) is 19.0 Å². The summed E-state index contributed by atoms with van der Waals surface area (Å²) in [5.41, 5.74) is 0.141. The molecule has 96 valence electrons. The SMILES string of the molecule is CC(C)CCC(CO)(CO)c1ccc(F)cc1. The topological polar surface area (TPSA) is 40.5 Å². The van der Waals surface area contributed by atoms with Gasteiger partial charge >= 0.3 is 0 Å². The highest BCUT2D eigenvalue weighted by atomic mass is 19.1. The van der Waals surface area contributed by atoms with Gasteiger partial charge in [0, 0.05) is 5.41 Å². The second kappa shape index (κ2) is 6.12. The van der Waals surface area contributed by atoms with E-state index >= 15 is 0 Å². The highest BCUT2D eigenvalue weighted by Gasteiger charge is 2.30. The van der Waals surface area contributed by atoms with Crippen LogP contribution in [0.2, 0.25) is 0 Å². The van der Waals surface area contributed by atoms with Crippen LogP contribution in [0.3, 0.4) is 0 Å². The normalized spacial score (nSPS) is 12.1. The lowest BCUT2D eigenvalue weighted by Gasteiger charge is -2.31. The van der Waals surface area contributed by atoms with Gasteiger partial charge in [-0.05, 0) is 36.5 Å². The van der Waals surface area contributed by atoms with Crippen molar-refractivity contribution in [2.75, 3.05) is 13.2 Å². The Hall–Kier alpha value is -0.930. The van der Waals surface area contributed by atoms with Gasteiger partial charge in [0.2, 0.25) is 0 Å². The van der Waals surface area contributed by atoms with E-state index in [0.717, 1.165) is 12.0 Å². The number of hydrogen-bond acceptors (Lipinski definition) is 2. The monoisotopic (exact) mass is 240 g/mol. The number of benzene rings is 1. The first-order valence-corrected chi connectivity index (χ1v) is 6.02. The van der Waals surface area contributed by atoms with Crippen LogP contribution >= 0.6 is 0 Å². The average molecular weight is 240 g/mol. The molecule has 0 saturated heterocycles. The van der Waals surface area contributed by atoms with Gasteiger partial charge in [-0.25, -0.2) is 4.39 Å². The Morgan fingerprint density at radius 2 is 1.65 bits per heavy atom. The fourth-order valence-corrected chi connectivity index (χ4v) is 1.90. The predicted octanol–water partition coefficient (Wildman–Crippen LogP) is 2.48. The third kappa shape index (κ3) is 3.51. The number of halogens is 1. The molecule has 0 fully saturated rings. The minimum absolute atomic E-state index is 0.123. The fourth-order valence-electron chi connectivity index (χ4n) is 1.90. The van der Waals surface area contributed by atoms with Gasteiger partial charge < -0.3 is 10.2 Å². The van der Waals surface area contributed by atoms with Crippen molar-refractivity contribution in [2.24, 2.45) is 5.92 Å². The maximum Gasteiger partial charge on any atom is 0.123 e. The van der Waals surface area contributed by atoms with E-state index in [4.69, 9.17) is 0 Å². The van der Waals surface area contributed by atoms with Gasteiger partial charge in [0.15, 0.2) is 0 Å². The summed E-state index contributed by atoms with van der Waals surface area (Å²) in [7, 11) is 0. The van der Waals surface area contributed by atoms with E-state index in [0.29, 0.717) is 12.3 Å². The average Bonchev–Trinajstić information content (AvgIpc) is 2.32. The molecule has 0 aliphatic carbocycles. The summed E-state index contributed by atoms with van der Waals surface area (Å²) in [5.74, 6) is 0.204. The van der Waals surface area contributed by atoms with E-state index in [1.165, 1.54) is 12.1 Å². The Morgan fingerprint density at radius 1 is 1.12 bits per heavy atom. The number of aliphatic hydroxyl groups excluding tert-OH is 2. The van der Waals surface area contributed by atoms with Crippen LogP contribution in [0.1, 0.15) is 32.3 Å². The van der Waals surface area contributed by atoms with Gasteiger partial charge in [0.25, 0.3) is 0 Å². The minimum atomic E-state index is -0.655. The molecule has 0 aromatic heterocycles. The fraction of sp³-hybridized carbons (Fsp3) is 0.571. The molecule has 0 aliphatic heterocycles. The van der Waals surface area contributed by atoms with Crippen LogP contribution in [0.15, 0.2) is 24.3 Å². The maximum absolute atomic E-state index is 12.9. The zero-order valence-corrected chi connectivity index (χ0v) is 10.5. The van der Waals surface area contributed by atoms with Crippen molar-refractivity contribution in [3.63, 3.8) is 0 Å². The Balaban J connectivity index is 2.93. The first-order valence-electron chi connectivity index (χ1n) is 6.02. The second-order valence-electron chi connectivity index (χ2n) is 5.04. The minimum Gasteiger partial charge on any atom is -0.395 e. The summed E-state index contributed by atoms with van der Waals surface area (Å²) in [5, 5.41) is 19.1. The van der Waals surface area contributed by atoms with Crippen LogP contribution in [0, 0.1) is 11.7 Å². The van der Waals surface area contributed by atoms with Gasteiger partial charge in [-0.3, -0.25) is 0 Å². The molecule has 3 heteroatoms. The molecule has 1 aromatic rings. The molecule has 0 heterocycles. The molecule has 1 aromatic carbocycles. The molecule has 0 aliphatic rings. The summed E-state index contributed by atoms with van der Waals surface area (Å²) >= 11 is 0. The lowest BCUT2D eigenvalue weighted by atomic mass is 9.77. The Labute approximate surface area is 102 Å². The molecule has 2 nitrogen and oxygen atoms in total. The number of aliphatic hydroxyl groups is 2. The van der Waals surface area contributed by atoms with E-state index in [1.54, 1.807) is 12.1 Å². The first-order chi connectivity index (χ1) is 8.04. The standard InChI is InChI=1S/C14H21FO2/c1-11(2)7-8-14(9-16,10-17)12-3-5-13(15)6-4-12/h3-6,11,16-17H,7-10H2,1-2H3. The maximum atomic E-state index is 12.9. The largest absolute Gasteiger partial charge is 0.395 e. The van der Waals surface area contributed by atoms with Crippen molar-refractivity contribution < 1.29 is 14.6 Å². The van der Waals surface area contributed by atoms with Crippen molar-refractivity contribution in [3.05, 3.63) is 35.6 Å². The highest BCUT2D eigenvalue weighted by Crippen LogP contribution is 2.30. The number of rotatable bonds is 6. The van der Waals surface area contributed by atoms with Crippen LogP contribution in [-0.2, 0) is 5.41 Å². The predicted molar refractivity (Wildman–Crippen MR) is 66.3 cm³/mol. The quantitative estimate of drug-likeness (QED) is 0.802. The Morgan fingerprint density at radius 3 is 2.06 bits per heavy atom. The third-order valence-corrected chi connectivity index (χ3v) is 3.26. The van der Waals surface area contributed by atoms with E-state index < -0.39 is 5.41 Å². The summed E-state index contributed by atoms with van der Waals surface area (Å²) in [6.07, 6.45) is 1.61. The molecule has 0 atom stereocenters. The van der Waals surface area contributed by atoms with Crippen LogP contribution in [-0.4, -0.2) is 23.4 Å². The van der Waals surface area contributed by atoms with Crippen molar-refractivity contribution in [3.8, 4) is 0 Å². The van der Waals surface area contributed by atoms with Crippen molar-refractivity contribution in [1.82, 2.24) is 0 Å². The zero-order valence-electron chi connectivity index (χ0n) is 10.5. The van der Waals surface area contributed by atoms with Crippen LogP contribution < -0.4 is 0 Å². The summed E-state index contributed by atoms with van der Waals surface area (Å²) < 4.78 is 12.9. The van der Waals surface area contributed by atoms with Gasteiger partial charge in [-0.2, -0.15) is 0 Å². The molecule has 2 N–H and O–H groups in total. The van der Waals surface area contributed by atoms with Gasteiger partial charge in [-0.15, -0.1) is 0 Å². The van der Waals surface area contributed by atoms with Crippen molar-refractivity contribution >= 4 is 0 Å². The van der Waals surface area contributed by atoms with Gasteiger partial charge in [-0.1, -0.05) is 26.0 Å². The number of hydrogen-bond donors (Lipinski definition) is 2. The Kier molecular flexibility index (Phi) is 5.09. The molecule has 0 saturated carbocycles. The molecule has 0 radical (unpaired) electrons. The zero-order chi connectivity index (χ0) is 12.9.